The fourth-order valence-corrected chi connectivity index (χ4v) is 4.13. The first-order valence-corrected chi connectivity index (χ1v) is 9.75. The fraction of sp³-hybridized carbons (Fsp3) is 0.895. The molecule has 1 spiro atoms. The molecule has 1 saturated carbocycles. The molecule has 0 radical (unpaired) electrons. The molecule has 2 amide bonds. The Morgan fingerprint density at radius 3 is 2.88 bits per heavy atom. The van der Waals surface area contributed by atoms with E-state index >= 15 is 0 Å². The Kier molecular flexibility index (Phi) is 5.80. The SMILES string of the molecule is CCCCOCC(=O)N1CCC[C@@]2(CCC(=O)N(CC3CC3)C2)C1. The van der Waals surface area contributed by atoms with Gasteiger partial charge in [0.2, 0.25) is 11.8 Å². The average molecular weight is 336 g/mol. The minimum atomic E-state index is 0.121. The first-order chi connectivity index (χ1) is 11.6. The van der Waals surface area contributed by atoms with Crippen molar-refractivity contribution < 1.29 is 14.3 Å². The molecular formula is C19H32N2O3. The maximum atomic E-state index is 12.4. The van der Waals surface area contributed by atoms with Gasteiger partial charge in [-0.15, -0.1) is 0 Å². The van der Waals surface area contributed by atoms with Crippen LogP contribution in [0.1, 0.15) is 58.3 Å². The van der Waals surface area contributed by atoms with Gasteiger partial charge in [-0.1, -0.05) is 13.3 Å². The van der Waals surface area contributed by atoms with Gasteiger partial charge < -0.3 is 14.5 Å². The second kappa shape index (κ2) is 7.85. The number of ether oxygens (including phenoxy) is 1. The summed E-state index contributed by atoms with van der Waals surface area (Å²) < 4.78 is 5.51. The van der Waals surface area contributed by atoms with Crippen LogP contribution in [-0.2, 0) is 14.3 Å². The number of rotatable bonds is 7. The van der Waals surface area contributed by atoms with Crippen LogP contribution in [0.25, 0.3) is 0 Å². The smallest absolute Gasteiger partial charge is 0.248 e. The van der Waals surface area contributed by atoms with E-state index in [1.165, 1.54) is 12.8 Å². The van der Waals surface area contributed by atoms with E-state index in [2.05, 4.69) is 11.8 Å². The molecule has 3 fully saturated rings. The Balaban J connectivity index is 1.53. The lowest BCUT2D eigenvalue weighted by atomic mass is 9.73. The molecule has 3 rings (SSSR count). The number of carbonyl (C=O) groups is 2. The summed E-state index contributed by atoms with van der Waals surface area (Å²) in [6.07, 6.45) is 8.43. The third kappa shape index (κ3) is 4.50. The van der Waals surface area contributed by atoms with Gasteiger partial charge in [0.15, 0.2) is 0 Å². The van der Waals surface area contributed by atoms with Gasteiger partial charge in [0.05, 0.1) is 0 Å². The highest BCUT2D eigenvalue weighted by Gasteiger charge is 2.43. The zero-order chi connectivity index (χ0) is 17.0. The van der Waals surface area contributed by atoms with E-state index in [1.807, 2.05) is 4.90 Å². The average Bonchev–Trinajstić information content (AvgIpc) is 3.39. The van der Waals surface area contributed by atoms with Crippen molar-refractivity contribution >= 4 is 11.8 Å². The standard InChI is InChI=1S/C19H32N2O3/c1-2-3-11-24-13-18(23)20-10-4-8-19(14-20)9-7-17(22)21(15-19)12-16-5-6-16/h16H,2-15H2,1H3/t19-/m1/s1. The molecule has 5 heteroatoms. The number of unbranched alkanes of at least 4 members (excludes halogenated alkanes) is 1. The van der Waals surface area contributed by atoms with Crippen molar-refractivity contribution in [2.75, 3.05) is 39.4 Å². The Morgan fingerprint density at radius 1 is 1.29 bits per heavy atom. The number of nitrogens with zero attached hydrogens (tertiary/aromatic N) is 2. The number of hydrogen-bond donors (Lipinski definition) is 0. The molecule has 2 heterocycles. The topological polar surface area (TPSA) is 49.9 Å². The molecule has 0 aromatic carbocycles. The molecule has 1 aliphatic carbocycles. The van der Waals surface area contributed by atoms with Crippen LogP contribution in [0.2, 0.25) is 0 Å². The van der Waals surface area contributed by atoms with Crippen LogP contribution in [0.4, 0.5) is 0 Å². The Bertz CT molecular complexity index is 464. The lowest BCUT2D eigenvalue weighted by molar-refractivity contribution is -0.145. The molecule has 0 unspecified atom stereocenters. The summed E-state index contributed by atoms with van der Waals surface area (Å²) in [5.41, 5.74) is 0.125. The van der Waals surface area contributed by atoms with E-state index < -0.39 is 0 Å². The van der Waals surface area contributed by atoms with Crippen LogP contribution < -0.4 is 0 Å². The molecular weight excluding hydrogens is 304 g/mol. The monoisotopic (exact) mass is 336 g/mol. The normalized spacial score (nSPS) is 27.8. The van der Waals surface area contributed by atoms with Gasteiger partial charge in [-0.2, -0.15) is 0 Å². The number of hydrogen-bond acceptors (Lipinski definition) is 3. The molecule has 3 aliphatic rings. The lowest BCUT2D eigenvalue weighted by Crippen LogP contribution is -2.55. The predicted molar refractivity (Wildman–Crippen MR) is 92.5 cm³/mol. The zero-order valence-electron chi connectivity index (χ0n) is 15.1. The van der Waals surface area contributed by atoms with E-state index in [0.29, 0.717) is 18.9 Å². The van der Waals surface area contributed by atoms with Gasteiger partial charge in [0, 0.05) is 44.6 Å². The Morgan fingerprint density at radius 2 is 2.12 bits per heavy atom. The quantitative estimate of drug-likeness (QED) is 0.671. The molecule has 2 saturated heterocycles. The van der Waals surface area contributed by atoms with Crippen molar-refractivity contribution in [2.45, 2.75) is 58.3 Å². The summed E-state index contributed by atoms with van der Waals surface area (Å²) in [4.78, 5) is 28.7. The molecule has 0 bridgehead atoms. The first kappa shape index (κ1) is 17.7. The third-order valence-corrected chi connectivity index (χ3v) is 5.81. The summed E-state index contributed by atoms with van der Waals surface area (Å²) in [7, 11) is 0. The highest BCUT2D eigenvalue weighted by molar-refractivity contribution is 5.78. The fourth-order valence-electron chi connectivity index (χ4n) is 4.13. The van der Waals surface area contributed by atoms with Crippen molar-refractivity contribution in [1.29, 1.82) is 0 Å². The van der Waals surface area contributed by atoms with Crippen LogP contribution >= 0.6 is 0 Å². The molecule has 24 heavy (non-hydrogen) atoms. The second-order valence-electron chi connectivity index (χ2n) is 8.04. The van der Waals surface area contributed by atoms with E-state index in [-0.39, 0.29) is 17.9 Å². The van der Waals surface area contributed by atoms with Gasteiger partial charge >= 0.3 is 0 Å². The summed E-state index contributed by atoms with van der Waals surface area (Å²) in [5.74, 6) is 1.17. The Hall–Kier alpha value is -1.10. The van der Waals surface area contributed by atoms with Gasteiger partial charge in [0.1, 0.15) is 6.61 Å². The van der Waals surface area contributed by atoms with E-state index in [4.69, 9.17) is 4.74 Å². The first-order valence-electron chi connectivity index (χ1n) is 9.75. The van der Waals surface area contributed by atoms with E-state index in [1.54, 1.807) is 0 Å². The zero-order valence-corrected chi connectivity index (χ0v) is 15.1. The minimum Gasteiger partial charge on any atom is -0.372 e. The molecule has 2 aliphatic heterocycles. The predicted octanol–water partition coefficient (Wildman–Crippen LogP) is 2.44. The molecule has 136 valence electrons. The number of likely N-dealkylation sites (tertiary alicyclic amines) is 2. The summed E-state index contributed by atoms with van der Waals surface area (Å²) in [5, 5.41) is 0. The maximum absolute atomic E-state index is 12.4. The molecule has 0 aromatic heterocycles. The third-order valence-electron chi connectivity index (χ3n) is 5.81. The largest absolute Gasteiger partial charge is 0.372 e. The molecule has 0 aromatic rings. The molecule has 5 nitrogen and oxygen atoms in total. The van der Waals surface area contributed by atoms with Crippen LogP contribution in [-0.4, -0.2) is 61.0 Å². The highest BCUT2D eigenvalue weighted by Crippen LogP contribution is 2.40. The highest BCUT2D eigenvalue weighted by atomic mass is 16.5. The van der Waals surface area contributed by atoms with Crippen molar-refractivity contribution in [3.63, 3.8) is 0 Å². The summed E-state index contributed by atoms with van der Waals surface area (Å²) in [6.45, 7) is 6.44. The van der Waals surface area contributed by atoms with E-state index in [0.717, 1.165) is 64.2 Å². The van der Waals surface area contributed by atoms with Gasteiger partial charge in [-0.3, -0.25) is 9.59 Å². The maximum Gasteiger partial charge on any atom is 0.248 e. The van der Waals surface area contributed by atoms with E-state index in [9.17, 15) is 9.59 Å². The summed E-state index contributed by atoms with van der Waals surface area (Å²) >= 11 is 0. The second-order valence-corrected chi connectivity index (χ2v) is 8.04. The number of amides is 2. The molecule has 1 atom stereocenters. The molecule has 0 N–H and O–H groups in total. The van der Waals surface area contributed by atoms with Crippen LogP contribution in [0.3, 0.4) is 0 Å². The lowest BCUT2D eigenvalue weighted by Gasteiger charge is -2.48. The minimum absolute atomic E-state index is 0.121. The van der Waals surface area contributed by atoms with Gasteiger partial charge in [-0.05, 0) is 44.4 Å². The van der Waals surface area contributed by atoms with Crippen LogP contribution in [0.15, 0.2) is 0 Å². The van der Waals surface area contributed by atoms with Crippen molar-refractivity contribution in [3.8, 4) is 0 Å². The van der Waals surface area contributed by atoms with Crippen molar-refractivity contribution in [1.82, 2.24) is 9.80 Å². The number of carbonyl (C=O) groups excluding carboxylic acids is 2. The summed E-state index contributed by atoms with van der Waals surface area (Å²) in [6, 6.07) is 0. The van der Waals surface area contributed by atoms with Crippen LogP contribution in [0, 0.1) is 11.3 Å². The Labute approximate surface area is 145 Å². The number of piperidine rings is 2. The van der Waals surface area contributed by atoms with Gasteiger partial charge in [-0.25, -0.2) is 0 Å². The van der Waals surface area contributed by atoms with Crippen molar-refractivity contribution in [3.05, 3.63) is 0 Å². The van der Waals surface area contributed by atoms with Crippen molar-refractivity contribution in [2.24, 2.45) is 11.3 Å². The van der Waals surface area contributed by atoms with Crippen LogP contribution in [0.5, 0.6) is 0 Å². The van der Waals surface area contributed by atoms with Gasteiger partial charge in [0.25, 0.3) is 0 Å².